The minimum Gasteiger partial charge on any atom is -0.319 e. The number of hydrogen-bond acceptors (Lipinski definition) is 3. The Kier molecular flexibility index (Phi) is 3.72. The number of nitrogens with zero attached hydrogens (tertiary/aromatic N) is 3. The Morgan fingerprint density at radius 3 is 2.89 bits per heavy atom. The van der Waals surface area contributed by atoms with E-state index in [4.69, 9.17) is 0 Å². The second-order valence-electron chi connectivity index (χ2n) is 4.47. The van der Waals surface area contributed by atoms with Crippen LogP contribution in [-0.4, -0.2) is 14.8 Å². The molecule has 2 rings (SSSR count). The number of nitrogens with one attached hydrogen (secondary N) is 1. The van der Waals surface area contributed by atoms with Gasteiger partial charge in [-0.15, -0.1) is 10.2 Å². The Bertz CT molecular complexity index is 536. The number of hydrogen-bond donors (Lipinski definition) is 1. The van der Waals surface area contributed by atoms with Crippen molar-refractivity contribution in [3.8, 4) is 0 Å². The van der Waals surface area contributed by atoms with Gasteiger partial charge in [-0.25, -0.2) is 4.39 Å². The zero-order valence-corrected chi connectivity index (χ0v) is 10.8. The van der Waals surface area contributed by atoms with Crippen molar-refractivity contribution in [1.29, 1.82) is 0 Å². The first-order valence-corrected chi connectivity index (χ1v) is 5.90. The number of aryl methyl sites for hydroxylation is 2. The highest BCUT2D eigenvalue weighted by atomic mass is 19.1. The summed E-state index contributed by atoms with van der Waals surface area (Å²) < 4.78 is 15.0. The van der Waals surface area contributed by atoms with Crippen molar-refractivity contribution in [3.05, 3.63) is 47.3 Å². The molecule has 2 aromatic rings. The van der Waals surface area contributed by atoms with Gasteiger partial charge >= 0.3 is 0 Å². The average Bonchev–Trinajstić information content (AvgIpc) is 2.76. The molecule has 4 nitrogen and oxygen atoms in total. The molecule has 1 atom stereocenters. The molecule has 5 heteroatoms. The van der Waals surface area contributed by atoms with Gasteiger partial charge in [-0.2, -0.15) is 0 Å². The van der Waals surface area contributed by atoms with E-state index in [2.05, 4.69) is 15.5 Å². The highest BCUT2D eigenvalue weighted by molar-refractivity contribution is 5.26. The first-order chi connectivity index (χ1) is 8.58. The summed E-state index contributed by atoms with van der Waals surface area (Å²) in [7, 11) is 1.90. The Morgan fingerprint density at radius 2 is 2.22 bits per heavy atom. The van der Waals surface area contributed by atoms with Crippen LogP contribution in [0.5, 0.6) is 0 Å². The number of aromatic nitrogens is 3. The predicted molar refractivity (Wildman–Crippen MR) is 67.4 cm³/mol. The first kappa shape index (κ1) is 12.7. The molecule has 0 bridgehead atoms. The minimum absolute atomic E-state index is 0.0696. The van der Waals surface area contributed by atoms with Crippen LogP contribution in [0.25, 0.3) is 0 Å². The van der Waals surface area contributed by atoms with E-state index >= 15 is 0 Å². The molecule has 0 saturated carbocycles. The van der Waals surface area contributed by atoms with Crippen LogP contribution < -0.4 is 5.32 Å². The van der Waals surface area contributed by atoms with Gasteiger partial charge in [0.2, 0.25) is 0 Å². The molecule has 0 aliphatic carbocycles. The van der Waals surface area contributed by atoms with E-state index in [-0.39, 0.29) is 11.9 Å². The largest absolute Gasteiger partial charge is 0.319 e. The molecular weight excluding hydrogens is 231 g/mol. The zero-order chi connectivity index (χ0) is 13.1. The van der Waals surface area contributed by atoms with E-state index in [1.165, 1.54) is 6.07 Å². The van der Waals surface area contributed by atoms with Gasteiger partial charge in [0, 0.05) is 13.6 Å². The third kappa shape index (κ3) is 2.73. The SMILES string of the molecule is Cc1ccc(F)cc1CNC(C)c1nncn1C. The van der Waals surface area contributed by atoms with E-state index in [0.29, 0.717) is 6.54 Å². The fraction of sp³-hybridized carbons (Fsp3) is 0.385. The predicted octanol–water partition coefficient (Wildman–Crippen LogP) is 2.11. The Balaban J connectivity index is 2.03. The van der Waals surface area contributed by atoms with Crippen LogP contribution in [0.15, 0.2) is 24.5 Å². The van der Waals surface area contributed by atoms with Gasteiger partial charge in [0.25, 0.3) is 0 Å². The molecule has 0 saturated heterocycles. The fourth-order valence-corrected chi connectivity index (χ4v) is 1.87. The second-order valence-corrected chi connectivity index (χ2v) is 4.47. The smallest absolute Gasteiger partial charge is 0.149 e. The molecule has 0 fully saturated rings. The number of benzene rings is 1. The standard InChI is InChI=1S/C13H17FN4/c1-9-4-5-12(14)6-11(9)7-15-10(2)13-17-16-8-18(13)3/h4-6,8,10,15H,7H2,1-3H3. The maximum Gasteiger partial charge on any atom is 0.149 e. The molecule has 18 heavy (non-hydrogen) atoms. The van der Waals surface area contributed by atoms with Gasteiger partial charge in [-0.1, -0.05) is 6.07 Å². The van der Waals surface area contributed by atoms with Crippen molar-refractivity contribution in [3.63, 3.8) is 0 Å². The maximum absolute atomic E-state index is 13.2. The molecular formula is C13H17FN4. The summed E-state index contributed by atoms with van der Waals surface area (Å²) in [5, 5.41) is 11.2. The summed E-state index contributed by atoms with van der Waals surface area (Å²) in [6.45, 7) is 4.60. The topological polar surface area (TPSA) is 42.7 Å². The lowest BCUT2D eigenvalue weighted by Gasteiger charge is -2.14. The second kappa shape index (κ2) is 5.27. The van der Waals surface area contributed by atoms with Gasteiger partial charge in [-0.05, 0) is 37.1 Å². The van der Waals surface area contributed by atoms with Crippen LogP contribution in [0.1, 0.15) is 29.9 Å². The van der Waals surface area contributed by atoms with Crippen molar-refractivity contribution >= 4 is 0 Å². The Labute approximate surface area is 106 Å². The summed E-state index contributed by atoms with van der Waals surface area (Å²) in [6.07, 6.45) is 1.67. The van der Waals surface area contributed by atoms with Crippen LogP contribution in [-0.2, 0) is 13.6 Å². The number of rotatable bonds is 4. The van der Waals surface area contributed by atoms with Crippen molar-refractivity contribution in [1.82, 2.24) is 20.1 Å². The van der Waals surface area contributed by atoms with Crippen molar-refractivity contribution in [2.45, 2.75) is 26.4 Å². The molecule has 96 valence electrons. The number of halogens is 1. The first-order valence-electron chi connectivity index (χ1n) is 5.90. The summed E-state index contributed by atoms with van der Waals surface area (Å²) in [5.74, 6) is 0.660. The molecule has 1 N–H and O–H groups in total. The normalized spacial score (nSPS) is 12.7. The highest BCUT2D eigenvalue weighted by Crippen LogP contribution is 2.13. The molecule has 1 aromatic heterocycles. The molecule has 0 aliphatic heterocycles. The van der Waals surface area contributed by atoms with E-state index in [9.17, 15) is 4.39 Å². The van der Waals surface area contributed by atoms with E-state index in [1.54, 1.807) is 18.5 Å². The van der Waals surface area contributed by atoms with Gasteiger partial charge in [0.05, 0.1) is 6.04 Å². The average molecular weight is 248 g/mol. The van der Waals surface area contributed by atoms with Gasteiger partial charge in [0.15, 0.2) is 0 Å². The van der Waals surface area contributed by atoms with Crippen LogP contribution in [0.3, 0.4) is 0 Å². The van der Waals surface area contributed by atoms with E-state index in [0.717, 1.165) is 17.0 Å². The molecule has 1 aromatic carbocycles. The lowest BCUT2D eigenvalue weighted by molar-refractivity contribution is 0.525. The van der Waals surface area contributed by atoms with E-state index in [1.807, 2.05) is 25.5 Å². The summed E-state index contributed by atoms with van der Waals surface area (Å²) in [4.78, 5) is 0. The summed E-state index contributed by atoms with van der Waals surface area (Å²) in [6, 6.07) is 4.90. The van der Waals surface area contributed by atoms with Crippen LogP contribution in [0.4, 0.5) is 4.39 Å². The third-order valence-electron chi connectivity index (χ3n) is 3.04. The monoisotopic (exact) mass is 248 g/mol. The van der Waals surface area contributed by atoms with Crippen molar-refractivity contribution in [2.24, 2.45) is 7.05 Å². The molecule has 1 heterocycles. The fourth-order valence-electron chi connectivity index (χ4n) is 1.87. The third-order valence-corrected chi connectivity index (χ3v) is 3.04. The van der Waals surface area contributed by atoms with Gasteiger partial charge in [-0.3, -0.25) is 0 Å². The zero-order valence-electron chi connectivity index (χ0n) is 10.8. The quantitative estimate of drug-likeness (QED) is 0.901. The minimum atomic E-state index is -0.205. The van der Waals surface area contributed by atoms with Crippen LogP contribution >= 0.6 is 0 Å². The van der Waals surface area contributed by atoms with Crippen LogP contribution in [0, 0.1) is 12.7 Å². The van der Waals surface area contributed by atoms with Crippen molar-refractivity contribution in [2.75, 3.05) is 0 Å². The molecule has 1 unspecified atom stereocenters. The van der Waals surface area contributed by atoms with Crippen LogP contribution in [0.2, 0.25) is 0 Å². The summed E-state index contributed by atoms with van der Waals surface area (Å²) in [5.41, 5.74) is 2.04. The lowest BCUT2D eigenvalue weighted by atomic mass is 10.1. The van der Waals surface area contributed by atoms with Gasteiger partial charge in [0.1, 0.15) is 18.0 Å². The van der Waals surface area contributed by atoms with E-state index < -0.39 is 0 Å². The Hall–Kier alpha value is -1.75. The van der Waals surface area contributed by atoms with Gasteiger partial charge < -0.3 is 9.88 Å². The molecule has 0 spiro atoms. The highest BCUT2D eigenvalue weighted by Gasteiger charge is 2.11. The molecule has 0 radical (unpaired) electrons. The molecule has 0 amide bonds. The lowest BCUT2D eigenvalue weighted by Crippen LogP contribution is -2.21. The van der Waals surface area contributed by atoms with Crippen molar-refractivity contribution < 1.29 is 4.39 Å². The maximum atomic E-state index is 13.2. The Morgan fingerprint density at radius 1 is 1.44 bits per heavy atom. The molecule has 0 aliphatic rings. The summed E-state index contributed by atoms with van der Waals surface area (Å²) >= 11 is 0.